The molecule has 0 fully saturated rings. The van der Waals surface area contributed by atoms with Crippen LogP contribution in [-0.4, -0.2) is 12.2 Å². The molecule has 17 heavy (non-hydrogen) atoms. The summed E-state index contributed by atoms with van der Waals surface area (Å²) < 4.78 is 0. The number of carbonyl (C=O) groups is 1. The highest BCUT2D eigenvalue weighted by Crippen LogP contribution is 2.22. The number of rotatable bonds is 5. The molecule has 0 saturated carbocycles. The molecule has 0 aliphatic rings. The Labute approximate surface area is 108 Å². The van der Waals surface area contributed by atoms with Crippen molar-refractivity contribution < 1.29 is 4.79 Å². The molecule has 0 heterocycles. The minimum absolute atomic E-state index is 0.0811. The van der Waals surface area contributed by atoms with Crippen molar-refractivity contribution in [1.29, 1.82) is 0 Å². The molecular weight excluding hydrogens is 230 g/mol. The monoisotopic (exact) mass is 251 g/mol. The van der Waals surface area contributed by atoms with Crippen LogP contribution in [0.25, 0.3) is 0 Å². The van der Waals surface area contributed by atoms with Crippen molar-refractivity contribution in [3.05, 3.63) is 29.8 Å². The van der Waals surface area contributed by atoms with Crippen LogP contribution in [0.5, 0.6) is 0 Å². The van der Waals surface area contributed by atoms with Gasteiger partial charge in [-0.3, -0.25) is 4.79 Å². The zero-order chi connectivity index (χ0) is 12.9. The Morgan fingerprint density at radius 3 is 2.35 bits per heavy atom. The van der Waals surface area contributed by atoms with E-state index in [0.29, 0.717) is 0 Å². The first-order chi connectivity index (χ1) is 7.99. The van der Waals surface area contributed by atoms with Gasteiger partial charge in [0.2, 0.25) is 5.91 Å². The van der Waals surface area contributed by atoms with Crippen molar-refractivity contribution >= 4 is 23.4 Å². The molecule has 1 aromatic carbocycles. The Kier molecular flexibility index (Phi) is 5.06. The number of benzene rings is 1. The predicted molar refractivity (Wildman–Crippen MR) is 76.4 cm³/mol. The van der Waals surface area contributed by atoms with Gasteiger partial charge in [0.05, 0.1) is 0 Å². The van der Waals surface area contributed by atoms with Gasteiger partial charge in [-0.2, -0.15) is 11.8 Å². The SMILES string of the molecule is CCC(C)(C)C(=O)Nc1ccc(CSC)cc1. The number of carbonyl (C=O) groups excluding carboxylic acids is 1. The van der Waals surface area contributed by atoms with E-state index < -0.39 is 0 Å². The molecule has 94 valence electrons. The van der Waals surface area contributed by atoms with Gasteiger partial charge < -0.3 is 5.32 Å². The summed E-state index contributed by atoms with van der Waals surface area (Å²) in [6.45, 7) is 5.95. The molecule has 0 bridgehead atoms. The Balaban J connectivity index is 2.66. The van der Waals surface area contributed by atoms with Gasteiger partial charge in [-0.25, -0.2) is 0 Å². The van der Waals surface area contributed by atoms with Gasteiger partial charge >= 0.3 is 0 Å². The number of hydrogen-bond donors (Lipinski definition) is 1. The molecule has 1 rings (SSSR count). The largest absolute Gasteiger partial charge is 0.326 e. The van der Waals surface area contributed by atoms with Crippen LogP contribution in [0.1, 0.15) is 32.8 Å². The fraction of sp³-hybridized carbons (Fsp3) is 0.500. The topological polar surface area (TPSA) is 29.1 Å². The van der Waals surface area contributed by atoms with E-state index in [9.17, 15) is 4.79 Å². The summed E-state index contributed by atoms with van der Waals surface area (Å²) in [6.07, 6.45) is 2.92. The molecule has 0 unspecified atom stereocenters. The molecule has 3 heteroatoms. The van der Waals surface area contributed by atoms with E-state index in [2.05, 4.69) is 23.7 Å². The third kappa shape index (κ3) is 4.08. The molecule has 1 aromatic rings. The lowest BCUT2D eigenvalue weighted by Crippen LogP contribution is -2.29. The van der Waals surface area contributed by atoms with E-state index in [0.717, 1.165) is 17.9 Å². The molecule has 2 nitrogen and oxygen atoms in total. The van der Waals surface area contributed by atoms with Crippen molar-refractivity contribution in [3.8, 4) is 0 Å². The molecule has 0 aliphatic heterocycles. The van der Waals surface area contributed by atoms with Gasteiger partial charge in [0.15, 0.2) is 0 Å². The normalized spacial score (nSPS) is 11.3. The number of hydrogen-bond acceptors (Lipinski definition) is 2. The fourth-order valence-electron chi connectivity index (χ4n) is 1.31. The predicted octanol–water partition coefficient (Wildman–Crippen LogP) is 3.92. The molecule has 1 N–H and O–H groups in total. The second-order valence-corrected chi connectivity index (χ2v) is 5.69. The van der Waals surface area contributed by atoms with Gasteiger partial charge in [-0.05, 0) is 30.4 Å². The average molecular weight is 251 g/mol. The maximum atomic E-state index is 12.0. The highest BCUT2D eigenvalue weighted by Gasteiger charge is 2.24. The van der Waals surface area contributed by atoms with Gasteiger partial charge in [0.25, 0.3) is 0 Å². The minimum Gasteiger partial charge on any atom is -0.326 e. The van der Waals surface area contributed by atoms with Crippen LogP contribution in [0.3, 0.4) is 0 Å². The molecule has 0 radical (unpaired) electrons. The summed E-state index contributed by atoms with van der Waals surface area (Å²) >= 11 is 1.80. The maximum Gasteiger partial charge on any atom is 0.230 e. The standard InChI is InChI=1S/C14H21NOS/c1-5-14(2,3)13(16)15-12-8-6-11(7-9-12)10-17-4/h6-9H,5,10H2,1-4H3,(H,15,16). The van der Waals surface area contributed by atoms with Gasteiger partial charge in [-0.1, -0.05) is 32.9 Å². The Morgan fingerprint density at radius 1 is 1.29 bits per heavy atom. The maximum absolute atomic E-state index is 12.0. The first kappa shape index (κ1) is 14.1. The number of amides is 1. The number of thioether (sulfide) groups is 1. The summed E-state index contributed by atoms with van der Waals surface area (Å²) in [6, 6.07) is 8.06. The quantitative estimate of drug-likeness (QED) is 0.859. The first-order valence-electron chi connectivity index (χ1n) is 5.89. The van der Waals surface area contributed by atoms with Crippen molar-refractivity contribution in [2.45, 2.75) is 32.9 Å². The van der Waals surface area contributed by atoms with Crippen LogP contribution in [0.4, 0.5) is 5.69 Å². The van der Waals surface area contributed by atoms with Crippen LogP contribution >= 0.6 is 11.8 Å². The van der Waals surface area contributed by atoms with Crippen LogP contribution < -0.4 is 5.32 Å². The van der Waals surface area contributed by atoms with E-state index in [1.165, 1.54) is 5.56 Å². The van der Waals surface area contributed by atoms with Gasteiger partial charge in [0, 0.05) is 16.9 Å². The second-order valence-electron chi connectivity index (χ2n) is 4.82. The van der Waals surface area contributed by atoms with Gasteiger partial charge in [-0.15, -0.1) is 0 Å². The molecular formula is C14H21NOS. The van der Waals surface area contributed by atoms with Crippen molar-refractivity contribution in [2.75, 3.05) is 11.6 Å². The van der Waals surface area contributed by atoms with Crippen molar-refractivity contribution in [3.63, 3.8) is 0 Å². The lowest BCUT2D eigenvalue weighted by Gasteiger charge is -2.21. The van der Waals surface area contributed by atoms with Gasteiger partial charge in [0.1, 0.15) is 0 Å². The van der Waals surface area contributed by atoms with Crippen LogP contribution in [-0.2, 0) is 10.5 Å². The van der Waals surface area contributed by atoms with Crippen molar-refractivity contribution in [1.82, 2.24) is 0 Å². The summed E-state index contributed by atoms with van der Waals surface area (Å²) in [4.78, 5) is 12.0. The zero-order valence-corrected chi connectivity index (χ0v) is 11.9. The minimum atomic E-state index is -0.308. The third-order valence-corrected chi connectivity index (χ3v) is 3.64. The Bertz CT molecular complexity index is 370. The Morgan fingerprint density at radius 2 is 1.88 bits per heavy atom. The lowest BCUT2D eigenvalue weighted by atomic mass is 9.89. The number of anilines is 1. The van der Waals surface area contributed by atoms with E-state index in [1.54, 1.807) is 11.8 Å². The van der Waals surface area contributed by atoms with Crippen molar-refractivity contribution in [2.24, 2.45) is 5.41 Å². The average Bonchev–Trinajstić information content (AvgIpc) is 2.32. The third-order valence-electron chi connectivity index (χ3n) is 3.02. The highest BCUT2D eigenvalue weighted by molar-refractivity contribution is 7.97. The Hall–Kier alpha value is -0.960. The summed E-state index contributed by atoms with van der Waals surface area (Å²) in [7, 11) is 0. The molecule has 1 amide bonds. The highest BCUT2D eigenvalue weighted by atomic mass is 32.2. The summed E-state index contributed by atoms with van der Waals surface area (Å²) in [5.41, 5.74) is 1.85. The summed E-state index contributed by atoms with van der Waals surface area (Å²) in [5.74, 6) is 1.09. The van der Waals surface area contributed by atoms with E-state index in [-0.39, 0.29) is 11.3 Å². The van der Waals surface area contributed by atoms with Crippen LogP contribution in [0, 0.1) is 5.41 Å². The molecule has 0 aromatic heterocycles. The molecule has 0 saturated heterocycles. The molecule has 0 atom stereocenters. The smallest absolute Gasteiger partial charge is 0.230 e. The van der Waals surface area contributed by atoms with E-state index in [1.807, 2.05) is 32.9 Å². The first-order valence-corrected chi connectivity index (χ1v) is 7.28. The fourth-order valence-corrected chi connectivity index (χ4v) is 1.84. The zero-order valence-electron chi connectivity index (χ0n) is 11.0. The molecule has 0 aliphatic carbocycles. The summed E-state index contributed by atoms with van der Waals surface area (Å²) in [5, 5.41) is 2.96. The number of nitrogens with one attached hydrogen (secondary N) is 1. The van der Waals surface area contributed by atoms with E-state index in [4.69, 9.17) is 0 Å². The van der Waals surface area contributed by atoms with E-state index >= 15 is 0 Å². The molecule has 0 spiro atoms. The lowest BCUT2D eigenvalue weighted by molar-refractivity contribution is -0.124. The van der Waals surface area contributed by atoms with Crippen LogP contribution in [0.15, 0.2) is 24.3 Å². The second kappa shape index (κ2) is 6.10. The van der Waals surface area contributed by atoms with Crippen LogP contribution in [0.2, 0.25) is 0 Å².